The maximum Gasteiger partial charge on any atom is 0.418 e. The highest BCUT2D eigenvalue weighted by molar-refractivity contribution is 5.99. The molecule has 2 N–H and O–H groups in total. The summed E-state index contributed by atoms with van der Waals surface area (Å²) in [7, 11) is 0. The largest absolute Gasteiger partial charge is 0.476 e. The van der Waals surface area contributed by atoms with E-state index < -0.39 is 28.9 Å². The molecule has 0 saturated heterocycles. The Balaban J connectivity index is 2.77. The Kier molecular flexibility index (Phi) is 2.07. The number of fused-ring (bicyclic) bond motifs is 1. The van der Waals surface area contributed by atoms with Gasteiger partial charge in [-0.3, -0.25) is 10.1 Å². The molecule has 0 aliphatic heterocycles. The molecule has 0 saturated carbocycles. The fraction of sp³-hybridized carbons (Fsp3) is 0.125. The van der Waals surface area contributed by atoms with Gasteiger partial charge in [0.05, 0.1) is 5.56 Å². The van der Waals surface area contributed by atoms with Gasteiger partial charge in [-0.05, 0) is 6.07 Å². The number of H-pyrrole nitrogens is 1. The van der Waals surface area contributed by atoms with Crippen LogP contribution < -0.4 is 0 Å². The first-order valence-electron chi connectivity index (χ1n) is 4.05. The molecule has 0 bridgehead atoms. The Labute approximate surface area is 85.9 Å². The first kappa shape index (κ1) is 10.4. The fourth-order valence-corrected chi connectivity index (χ4v) is 1.29. The van der Waals surface area contributed by atoms with Gasteiger partial charge >= 0.3 is 12.1 Å². The van der Waals surface area contributed by atoms with Crippen molar-refractivity contribution in [3.63, 3.8) is 0 Å². The maximum absolute atomic E-state index is 12.5. The van der Waals surface area contributed by atoms with Crippen LogP contribution in [0.3, 0.4) is 0 Å². The molecule has 0 radical (unpaired) electrons. The number of halogens is 3. The summed E-state index contributed by atoms with van der Waals surface area (Å²) in [6.07, 6.45) is -3.70. The van der Waals surface area contributed by atoms with Crippen molar-refractivity contribution in [3.05, 3.63) is 23.5 Å². The van der Waals surface area contributed by atoms with Crippen LogP contribution in [0.1, 0.15) is 16.1 Å². The highest BCUT2D eigenvalue weighted by atomic mass is 19.4. The molecule has 0 atom stereocenters. The second-order valence-electron chi connectivity index (χ2n) is 2.96. The van der Waals surface area contributed by atoms with E-state index in [9.17, 15) is 18.0 Å². The van der Waals surface area contributed by atoms with Crippen molar-refractivity contribution in [1.29, 1.82) is 0 Å². The molecule has 0 spiro atoms. The zero-order valence-electron chi connectivity index (χ0n) is 7.54. The number of aromatic amines is 1. The molecular weight excluding hydrogens is 227 g/mol. The van der Waals surface area contributed by atoms with Gasteiger partial charge in [0.15, 0.2) is 5.69 Å². The number of rotatable bonds is 1. The van der Waals surface area contributed by atoms with E-state index in [0.29, 0.717) is 0 Å². The van der Waals surface area contributed by atoms with Gasteiger partial charge in [0.2, 0.25) is 0 Å². The summed E-state index contributed by atoms with van der Waals surface area (Å²) < 4.78 is 37.5. The Morgan fingerprint density at radius 3 is 2.62 bits per heavy atom. The molecule has 2 rings (SSSR count). The van der Waals surface area contributed by atoms with Crippen LogP contribution in [0.4, 0.5) is 13.2 Å². The third-order valence-corrected chi connectivity index (χ3v) is 1.96. The lowest BCUT2D eigenvalue weighted by Gasteiger charge is -2.05. The summed E-state index contributed by atoms with van der Waals surface area (Å²) in [5.41, 5.74) is -2.27. The lowest BCUT2D eigenvalue weighted by Crippen LogP contribution is -2.06. The van der Waals surface area contributed by atoms with Crippen molar-refractivity contribution in [3.8, 4) is 0 Å². The first-order chi connectivity index (χ1) is 7.41. The van der Waals surface area contributed by atoms with Crippen LogP contribution in [0.5, 0.6) is 0 Å². The summed E-state index contributed by atoms with van der Waals surface area (Å²) in [5.74, 6) is -1.41. The summed E-state index contributed by atoms with van der Waals surface area (Å²) in [6.45, 7) is 0. The fourth-order valence-electron chi connectivity index (χ4n) is 1.29. The predicted octanol–water partition coefficient (Wildman–Crippen LogP) is 1.67. The smallest absolute Gasteiger partial charge is 0.418 e. The Hall–Kier alpha value is -2.12. The molecular formula is C8H4F3N3O2. The second kappa shape index (κ2) is 3.19. The van der Waals surface area contributed by atoms with Gasteiger partial charge in [-0.2, -0.15) is 18.3 Å². The average molecular weight is 231 g/mol. The normalized spacial score (nSPS) is 11.9. The quantitative estimate of drug-likeness (QED) is 0.782. The molecule has 0 aliphatic rings. The van der Waals surface area contributed by atoms with E-state index in [4.69, 9.17) is 5.11 Å². The van der Waals surface area contributed by atoms with Crippen LogP contribution in [-0.4, -0.2) is 26.3 Å². The van der Waals surface area contributed by atoms with E-state index in [-0.39, 0.29) is 5.52 Å². The van der Waals surface area contributed by atoms with Gasteiger partial charge < -0.3 is 5.11 Å². The van der Waals surface area contributed by atoms with Crippen LogP contribution in [0.2, 0.25) is 0 Å². The molecule has 2 aromatic heterocycles. The predicted molar refractivity (Wildman–Crippen MR) is 45.9 cm³/mol. The minimum atomic E-state index is -4.59. The lowest BCUT2D eigenvalue weighted by molar-refractivity contribution is -0.136. The number of carboxylic acid groups (broad SMARTS) is 1. The molecule has 0 unspecified atom stereocenters. The van der Waals surface area contributed by atoms with Gasteiger partial charge in [-0.15, -0.1) is 0 Å². The van der Waals surface area contributed by atoms with Crippen molar-refractivity contribution in [2.45, 2.75) is 6.18 Å². The van der Waals surface area contributed by atoms with E-state index in [0.717, 1.165) is 12.3 Å². The van der Waals surface area contributed by atoms with Crippen molar-refractivity contribution in [1.82, 2.24) is 15.2 Å². The van der Waals surface area contributed by atoms with E-state index >= 15 is 0 Å². The van der Waals surface area contributed by atoms with Gasteiger partial charge in [0.1, 0.15) is 11.0 Å². The van der Waals surface area contributed by atoms with Crippen LogP contribution in [-0.2, 0) is 6.18 Å². The summed E-state index contributed by atoms with van der Waals surface area (Å²) in [4.78, 5) is 14.2. The molecule has 2 heterocycles. The topological polar surface area (TPSA) is 78.9 Å². The Morgan fingerprint density at radius 1 is 1.38 bits per heavy atom. The number of hydrogen-bond acceptors (Lipinski definition) is 3. The van der Waals surface area contributed by atoms with Crippen LogP contribution in [0.15, 0.2) is 12.3 Å². The molecule has 0 amide bonds. The van der Waals surface area contributed by atoms with Crippen LogP contribution in [0, 0.1) is 0 Å². The molecule has 0 aromatic carbocycles. The van der Waals surface area contributed by atoms with Crippen LogP contribution in [0.25, 0.3) is 11.0 Å². The molecule has 5 nitrogen and oxygen atoms in total. The Bertz CT molecular complexity index is 561. The molecule has 8 heteroatoms. The number of aromatic nitrogens is 3. The monoisotopic (exact) mass is 231 g/mol. The molecule has 16 heavy (non-hydrogen) atoms. The lowest BCUT2D eigenvalue weighted by atomic mass is 10.2. The SMILES string of the molecule is O=C(O)c1[nH]nc2c(C(F)(F)F)ccnc12. The Morgan fingerprint density at radius 2 is 2.06 bits per heavy atom. The molecule has 0 fully saturated rings. The average Bonchev–Trinajstić information content (AvgIpc) is 2.58. The van der Waals surface area contributed by atoms with E-state index in [2.05, 4.69) is 10.1 Å². The third-order valence-electron chi connectivity index (χ3n) is 1.96. The molecule has 84 valence electrons. The number of pyridine rings is 1. The maximum atomic E-state index is 12.5. The summed E-state index contributed by atoms with van der Waals surface area (Å²) in [6, 6.07) is 0.745. The van der Waals surface area contributed by atoms with Gasteiger partial charge in [-0.1, -0.05) is 0 Å². The number of aromatic carboxylic acids is 1. The van der Waals surface area contributed by atoms with E-state index in [1.54, 1.807) is 0 Å². The minimum absolute atomic E-state index is 0.303. The number of carbonyl (C=O) groups is 1. The standard InChI is InChI=1S/C8H4F3N3O2/c9-8(10,11)3-1-2-12-5-4(3)13-14-6(5)7(15)16/h1-2H,(H,13,14)(H,15,16). The number of carboxylic acids is 1. The van der Waals surface area contributed by atoms with Crippen molar-refractivity contribution >= 4 is 17.0 Å². The number of hydrogen-bond donors (Lipinski definition) is 2. The highest BCUT2D eigenvalue weighted by Crippen LogP contribution is 2.33. The van der Waals surface area contributed by atoms with E-state index in [1.165, 1.54) is 0 Å². The zero-order valence-corrected chi connectivity index (χ0v) is 7.54. The van der Waals surface area contributed by atoms with Gasteiger partial charge in [-0.25, -0.2) is 4.79 Å². The molecule has 0 aliphatic carbocycles. The van der Waals surface area contributed by atoms with E-state index in [1.807, 2.05) is 5.10 Å². The van der Waals surface area contributed by atoms with Crippen molar-refractivity contribution in [2.24, 2.45) is 0 Å². The summed E-state index contributed by atoms with van der Waals surface area (Å²) >= 11 is 0. The third kappa shape index (κ3) is 1.47. The first-order valence-corrected chi connectivity index (χ1v) is 4.05. The highest BCUT2D eigenvalue weighted by Gasteiger charge is 2.34. The minimum Gasteiger partial charge on any atom is -0.476 e. The summed E-state index contributed by atoms with van der Waals surface area (Å²) in [5, 5.41) is 14.0. The van der Waals surface area contributed by atoms with Crippen molar-refractivity contribution in [2.75, 3.05) is 0 Å². The van der Waals surface area contributed by atoms with Gasteiger partial charge in [0.25, 0.3) is 0 Å². The van der Waals surface area contributed by atoms with Crippen LogP contribution >= 0.6 is 0 Å². The van der Waals surface area contributed by atoms with Gasteiger partial charge in [0, 0.05) is 6.20 Å². The number of alkyl halides is 3. The molecule has 2 aromatic rings. The second-order valence-corrected chi connectivity index (χ2v) is 2.96. The number of nitrogens with zero attached hydrogens (tertiary/aromatic N) is 2. The number of nitrogens with one attached hydrogen (secondary N) is 1. The zero-order chi connectivity index (χ0) is 11.9. The van der Waals surface area contributed by atoms with Crippen molar-refractivity contribution < 1.29 is 23.1 Å².